The van der Waals surface area contributed by atoms with Crippen molar-refractivity contribution in [1.82, 2.24) is 4.90 Å². The van der Waals surface area contributed by atoms with E-state index in [-0.39, 0.29) is 17.6 Å². The van der Waals surface area contributed by atoms with E-state index < -0.39 is 0 Å². The van der Waals surface area contributed by atoms with Gasteiger partial charge >= 0.3 is 0 Å². The van der Waals surface area contributed by atoms with Gasteiger partial charge in [0.2, 0.25) is 5.91 Å². The molecule has 1 aliphatic rings. The molecule has 0 aliphatic carbocycles. The predicted octanol–water partition coefficient (Wildman–Crippen LogP) is 4.84. The number of hydrogen-bond donors (Lipinski definition) is 1. The highest BCUT2D eigenvalue weighted by molar-refractivity contribution is 6.42. The Morgan fingerprint density at radius 1 is 1.04 bits per heavy atom. The molecule has 3 rings (SSSR count). The van der Waals surface area contributed by atoms with E-state index in [1.807, 2.05) is 31.2 Å². The fraction of sp³-hybridized carbons (Fsp3) is 0.333. The molecule has 6 heteroatoms. The van der Waals surface area contributed by atoms with Gasteiger partial charge < -0.3 is 5.32 Å². The third-order valence-electron chi connectivity index (χ3n) is 4.87. The Kier molecular flexibility index (Phi) is 6.53. The molecule has 2 aromatic carbocycles. The van der Waals surface area contributed by atoms with Gasteiger partial charge in [0, 0.05) is 17.2 Å². The summed E-state index contributed by atoms with van der Waals surface area (Å²) in [7, 11) is 0. The number of Topliss-reactive ketones (excluding diaryl/α,β-unsaturated/α-hetero) is 1. The molecule has 2 aromatic rings. The first-order chi connectivity index (χ1) is 12.9. The number of rotatable bonds is 5. The van der Waals surface area contributed by atoms with E-state index in [4.69, 9.17) is 23.2 Å². The van der Waals surface area contributed by atoms with Crippen molar-refractivity contribution in [3.63, 3.8) is 0 Å². The van der Waals surface area contributed by atoms with Crippen LogP contribution in [0.2, 0.25) is 10.0 Å². The number of nitrogens with zero attached hydrogens (tertiary/aromatic N) is 1. The number of nitrogens with one attached hydrogen (secondary N) is 1. The highest BCUT2D eigenvalue weighted by atomic mass is 35.5. The van der Waals surface area contributed by atoms with Crippen LogP contribution in [0.5, 0.6) is 0 Å². The van der Waals surface area contributed by atoms with Crippen LogP contribution in [0.15, 0.2) is 42.5 Å². The molecule has 0 bridgehead atoms. The molecule has 1 saturated heterocycles. The van der Waals surface area contributed by atoms with Crippen molar-refractivity contribution in [3.8, 4) is 0 Å². The van der Waals surface area contributed by atoms with Crippen LogP contribution in [0.4, 0.5) is 5.69 Å². The molecule has 1 aliphatic heterocycles. The summed E-state index contributed by atoms with van der Waals surface area (Å²) in [6.45, 7) is 3.79. The number of anilines is 1. The zero-order valence-electron chi connectivity index (χ0n) is 15.2. The third-order valence-corrected chi connectivity index (χ3v) is 5.60. The van der Waals surface area contributed by atoms with Crippen LogP contribution < -0.4 is 5.32 Å². The number of benzene rings is 2. The van der Waals surface area contributed by atoms with Crippen LogP contribution in [-0.4, -0.2) is 36.2 Å². The number of ketones is 1. The SMILES string of the molecule is Cc1ccc(NC(=O)CN2CCC(C(=O)c3ccc(Cl)c(Cl)c3)CC2)cc1. The minimum atomic E-state index is -0.0429. The number of carbonyl (C=O) groups is 2. The third kappa shape index (κ3) is 5.32. The molecule has 0 saturated carbocycles. The first-order valence-corrected chi connectivity index (χ1v) is 9.76. The maximum absolute atomic E-state index is 12.7. The van der Waals surface area contributed by atoms with E-state index in [2.05, 4.69) is 10.2 Å². The molecule has 4 nitrogen and oxygen atoms in total. The van der Waals surface area contributed by atoms with Crippen molar-refractivity contribution in [3.05, 3.63) is 63.6 Å². The summed E-state index contributed by atoms with van der Waals surface area (Å²) in [5.74, 6) is 0.0177. The maximum atomic E-state index is 12.7. The first kappa shape index (κ1) is 19.9. The summed E-state index contributed by atoms with van der Waals surface area (Å²) >= 11 is 11.9. The minimum absolute atomic E-state index is 0.0342. The Morgan fingerprint density at radius 3 is 2.33 bits per heavy atom. The van der Waals surface area contributed by atoms with E-state index in [0.29, 0.717) is 22.2 Å². The smallest absolute Gasteiger partial charge is 0.238 e. The lowest BCUT2D eigenvalue weighted by Gasteiger charge is -2.30. The minimum Gasteiger partial charge on any atom is -0.325 e. The number of carbonyl (C=O) groups excluding carboxylic acids is 2. The molecule has 1 amide bonds. The van der Waals surface area contributed by atoms with Gasteiger partial charge in [0.05, 0.1) is 16.6 Å². The van der Waals surface area contributed by atoms with Crippen molar-refractivity contribution in [2.24, 2.45) is 5.92 Å². The first-order valence-electron chi connectivity index (χ1n) is 9.00. The van der Waals surface area contributed by atoms with Crippen molar-refractivity contribution < 1.29 is 9.59 Å². The highest BCUT2D eigenvalue weighted by Crippen LogP contribution is 2.27. The van der Waals surface area contributed by atoms with E-state index in [0.717, 1.165) is 37.2 Å². The zero-order chi connectivity index (χ0) is 19.4. The molecule has 0 spiro atoms. The van der Waals surface area contributed by atoms with Gasteiger partial charge in [-0.3, -0.25) is 14.5 Å². The second-order valence-electron chi connectivity index (χ2n) is 6.96. The molecule has 0 radical (unpaired) electrons. The molecular formula is C21H22Cl2N2O2. The predicted molar refractivity (Wildman–Crippen MR) is 110 cm³/mol. The Hall–Kier alpha value is -1.88. The molecule has 1 heterocycles. The average molecular weight is 405 g/mol. The molecule has 0 atom stereocenters. The number of piperidine rings is 1. The van der Waals surface area contributed by atoms with Crippen LogP contribution in [0.25, 0.3) is 0 Å². The van der Waals surface area contributed by atoms with Crippen LogP contribution >= 0.6 is 23.2 Å². The van der Waals surface area contributed by atoms with Gasteiger partial charge in [-0.25, -0.2) is 0 Å². The molecule has 27 heavy (non-hydrogen) atoms. The normalized spacial score (nSPS) is 15.5. The van der Waals surface area contributed by atoms with Gasteiger partial charge in [-0.15, -0.1) is 0 Å². The van der Waals surface area contributed by atoms with Gasteiger partial charge in [-0.2, -0.15) is 0 Å². The van der Waals surface area contributed by atoms with Gasteiger partial charge in [0.1, 0.15) is 0 Å². The summed E-state index contributed by atoms with van der Waals surface area (Å²) < 4.78 is 0. The molecule has 1 fully saturated rings. The van der Waals surface area contributed by atoms with Crippen LogP contribution in [-0.2, 0) is 4.79 Å². The van der Waals surface area contributed by atoms with Gasteiger partial charge in [-0.05, 0) is 63.2 Å². The lowest BCUT2D eigenvalue weighted by molar-refractivity contribution is -0.117. The zero-order valence-corrected chi connectivity index (χ0v) is 16.7. The number of likely N-dealkylation sites (tertiary alicyclic amines) is 1. The van der Waals surface area contributed by atoms with Crippen LogP contribution in [0.1, 0.15) is 28.8 Å². The van der Waals surface area contributed by atoms with E-state index in [1.54, 1.807) is 18.2 Å². The monoisotopic (exact) mass is 404 g/mol. The topological polar surface area (TPSA) is 49.4 Å². The summed E-state index contributed by atoms with van der Waals surface area (Å²) in [4.78, 5) is 27.0. The largest absolute Gasteiger partial charge is 0.325 e. The summed E-state index contributed by atoms with van der Waals surface area (Å²) in [5.41, 5.74) is 2.55. The highest BCUT2D eigenvalue weighted by Gasteiger charge is 2.27. The van der Waals surface area contributed by atoms with Crippen molar-refractivity contribution in [2.75, 3.05) is 25.0 Å². The number of amides is 1. The molecule has 142 valence electrons. The van der Waals surface area contributed by atoms with E-state index in [1.165, 1.54) is 0 Å². The van der Waals surface area contributed by atoms with Crippen molar-refractivity contribution in [2.45, 2.75) is 19.8 Å². The fourth-order valence-corrected chi connectivity index (χ4v) is 3.58. The molecular weight excluding hydrogens is 383 g/mol. The summed E-state index contributed by atoms with van der Waals surface area (Å²) in [6, 6.07) is 12.7. The van der Waals surface area contributed by atoms with Crippen LogP contribution in [0, 0.1) is 12.8 Å². The molecule has 0 aromatic heterocycles. The van der Waals surface area contributed by atoms with Gasteiger partial charge in [-0.1, -0.05) is 40.9 Å². The van der Waals surface area contributed by atoms with Gasteiger partial charge in [0.15, 0.2) is 5.78 Å². The molecule has 0 unspecified atom stereocenters. The fourth-order valence-electron chi connectivity index (χ4n) is 3.28. The van der Waals surface area contributed by atoms with E-state index in [9.17, 15) is 9.59 Å². The summed E-state index contributed by atoms with van der Waals surface area (Å²) in [6.07, 6.45) is 1.47. The van der Waals surface area contributed by atoms with E-state index >= 15 is 0 Å². The second-order valence-corrected chi connectivity index (χ2v) is 7.77. The average Bonchev–Trinajstić information content (AvgIpc) is 2.66. The number of aryl methyl sites for hydroxylation is 1. The Morgan fingerprint density at radius 2 is 1.70 bits per heavy atom. The Labute approximate surface area is 169 Å². The van der Waals surface area contributed by atoms with Crippen molar-refractivity contribution in [1.29, 1.82) is 0 Å². The lowest BCUT2D eigenvalue weighted by Crippen LogP contribution is -2.40. The number of halogens is 2. The quantitative estimate of drug-likeness (QED) is 0.725. The van der Waals surface area contributed by atoms with Gasteiger partial charge in [0.25, 0.3) is 0 Å². The van der Waals surface area contributed by atoms with Crippen LogP contribution in [0.3, 0.4) is 0 Å². The van der Waals surface area contributed by atoms with Crippen molar-refractivity contribution >= 4 is 40.6 Å². The molecule has 1 N–H and O–H groups in total. The Bertz CT molecular complexity index is 829. The summed E-state index contributed by atoms with van der Waals surface area (Å²) in [5, 5.41) is 3.76. The number of hydrogen-bond acceptors (Lipinski definition) is 3. The second kappa shape index (κ2) is 8.87. The maximum Gasteiger partial charge on any atom is 0.238 e. The Balaban J connectivity index is 1.49. The lowest BCUT2D eigenvalue weighted by atomic mass is 9.89. The standard InChI is InChI=1S/C21H22Cl2N2O2/c1-14-2-5-17(6-3-14)24-20(26)13-25-10-8-15(9-11-25)21(27)16-4-7-18(22)19(23)12-16/h2-7,12,15H,8-11,13H2,1H3,(H,24,26).